The molecular weight excluding hydrogens is 288 g/mol. The molecule has 3 aromatic rings. The molecule has 0 aliphatic rings. The fourth-order valence-electron chi connectivity index (χ4n) is 2.31. The molecule has 0 aliphatic carbocycles. The fourth-order valence-corrected chi connectivity index (χ4v) is 2.31. The molecule has 3 rings (SSSR count). The first-order valence-corrected chi connectivity index (χ1v) is 7.44. The molecule has 0 saturated carbocycles. The highest BCUT2D eigenvalue weighted by atomic mass is 16.5. The number of hydrogen-bond donors (Lipinski definition) is 0. The summed E-state index contributed by atoms with van der Waals surface area (Å²) in [4.78, 5) is 21.2. The summed E-state index contributed by atoms with van der Waals surface area (Å²) in [5, 5.41) is 0. The Bertz CT molecular complexity index is 802. The molecule has 0 radical (unpaired) electrons. The largest absolute Gasteiger partial charge is 0.462 e. The summed E-state index contributed by atoms with van der Waals surface area (Å²) in [6.07, 6.45) is 1.72. The predicted molar refractivity (Wildman–Crippen MR) is 88.9 cm³/mol. The maximum atomic E-state index is 12.2. The molecular formula is C19H16N2O2. The second kappa shape index (κ2) is 6.83. The van der Waals surface area contributed by atoms with Crippen LogP contribution >= 0.6 is 0 Å². The van der Waals surface area contributed by atoms with Gasteiger partial charge in [-0.05, 0) is 31.2 Å². The standard InChI is InChI=1S/C19H16N2O2/c1-2-23-19(22)15-11-12-17(16-10-6-7-13-20-16)21-18(15)14-8-4-3-5-9-14/h3-13H,2H2,1H3. The van der Waals surface area contributed by atoms with Gasteiger partial charge in [-0.2, -0.15) is 0 Å². The van der Waals surface area contributed by atoms with Gasteiger partial charge in [-0.3, -0.25) is 4.98 Å². The Hall–Kier alpha value is -3.01. The van der Waals surface area contributed by atoms with Crippen LogP contribution < -0.4 is 0 Å². The van der Waals surface area contributed by atoms with E-state index in [2.05, 4.69) is 9.97 Å². The normalized spacial score (nSPS) is 10.3. The third-order valence-corrected chi connectivity index (χ3v) is 3.37. The van der Waals surface area contributed by atoms with Crippen LogP contribution in [0.2, 0.25) is 0 Å². The van der Waals surface area contributed by atoms with E-state index in [0.717, 1.165) is 17.0 Å². The van der Waals surface area contributed by atoms with E-state index in [1.807, 2.05) is 48.5 Å². The van der Waals surface area contributed by atoms with E-state index in [0.29, 0.717) is 17.9 Å². The number of ether oxygens (including phenoxy) is 1. The molecule has 0 bridgehead atoms. The van der Waals surface area contributed by atoms with Gasteiger partial charge in [-0.1, -0.05) is 36.4 Å². The minimum Gasteiger partial charge on any atom is -0.462 e. The van der Waals surface area contributed by atoms with Crippen LogP contribution in [0.25, 0.3) is 22.6 Å². The summed E-state index contributed by atoms with van der Waals surface area (Å²) in [6, 6.07) is 18.8. The van der Waals surface area contributed by atoms with Crippen LogP contribution in [0.15, 0.2) is 66.9 Å². The SMILES string of the molecule is CCOC(=O)c1ccc(-c2ccccn2)nc1-c1ccccc1. The molecule has 23 heavy (non-hydrogen) atoms. The third-order valence-electron chi connectivity index (χ3n) is 3.37. The lowest BCUT2D eigenvalue weighted by Gasteiger charge is -2.10. The van der Waals surface area contributed by atoms with Crippen LogP contribution in [-0.2, 0) is 4.74 Å². The van der Waals surface area contributed by atoms with E-state index in [-0.39, 0.29) is 5.97 Å². The van der Waals surface area contributed by atoms with Gasteiger partial charge in [0, 0.05) is 11.8 Å². The highest BCUT2D eigenvalue weighted by Crippen LogP contribution is 2.25. The molecule has 0 unspecified atom stereocenters. The lowest BCUT2D eigenvalue weighted by Crippen LogP contribution is -2.08. The molecule has 4 heteroatoms. The van der Waals surface area contributed by atoms with Crippen LogP contribution in [0, 0.1) is 0 Å². The Morgan fingerprint density at radius 3 is 2.43 bits per heavy atom. The van der Waals surface area contributed by atoms with Crippen molar-refractivity contribution in [1.82, 2.24) is 9.97 Å². The first-order valence-electron chi connectivity index (χ1n) is 7.44. The number of benzene rings is 1. The van der Waals surface area contributed by atoms with Crippen molar-refractivity contribution in [1.29, 1.82) is 0 Å². The number of pyridine rings is 2. The lowest BCUT2D eigenvalue weighted by molar-refractivity contribution is 0.0527. The van der Waals surface area contributed by atoms with Crippen molar-refractivity contribution in [2.45, 2.75) is 6.92 Å². The van der Waals surface area contributed by atoms with Crippen molar-refractivity contribution < 1.29 is 9.53 Å². The van der Waals surface area contributed by atoms with E-state index >= 15 is 0 Å². The molecule has 114 valence electrons. The van der Waals surface area contributed by atoms with Gasteiger partial charge in [-0.15, -0.1) is 0 Å². The van der Waals surface area contributed by atoms with Crippen molar-refractivity contribution in [3.05, 3.63) is 72.4 Å². The molecule has 4 nitrogen and oxygen atoms in total. The minimum atomic E-state index is -0.369. The van der Waals surface area contributed by atoms with Crippen molar-refractivity contribution >= 4 is 5.97 Å². The number of nitrogens with zero attached hydrogens (tertiary/aromatic N) is 2. The Kier molecular flexibility index (Phi) is 4.43. The zero-order chi connectivity index (χ0) is 16.1. The summed E-state index contributed by atoms with van der Waals surface area (Å²) in [7, 11) is 0. The Morgan fingerprint density at radius 2 is 1.74 bits per heavy atom. The molecule has 0 N–H and O–H groups in total. The maximum absolute atomic E-state index is 12.2. The smallest absolute Gasteiger partial charge is 0.340 e. The van der Waals surface area contributed by atoms with Crippen LogP contribution in [0.3, 0.4) is 0 Å². The van der Waals surface area contributed by atoms with Gasteiger partial charge in [0.2, 0.25) is 0 Å². The summed E-state index contributed by atoms with van der Waals surface area (Å²) in [6.45, 7) is 2.12. The van der Waals surface area contributed by atoms with Crippen molar-refractivity contribution in [3.8, 4) is 22.6 Å². The molecule has 0 spiro atoms. The Labute approximate surface area is 134 Å². The number of rotatable bonds is 4. The van der Waals surface area contributed by atoms with E-state index in [1.54, 1.807) is 25.3 Å². The van der Waals surface area contributed by atoms with E-state index in [1.165, 1.54) is 0 Å². The molecule has 2 aromatic heterocycles. The molecule has 0 atom stereocenters. The Morgan fingerprint density at radius 1 is 0.957 bits per heavy atom. The first-order chi connectivity index (χ1) is 11.3. The van der Waals surface area contributed by atoms with E-state index in [4.69, 9.17) is 4.74 Å². The fraction of sp³-hybridized carbons (Fsp3) is 0.105. The second-order valence-electron chi connectivity index (χ2n) is 4.89. The summed E-state index contributed by atoms with van der Waals surface area (Å²) < 4.78 is 5.14. The van der Waals surface area contributed by atoms with E-state index < -0.39 is 0 Å². The topological polar surface area (TPSA) is 52.1 Å². The maximum Gasteiger partial charge on any atom is 0.340 e. The average Bonchev–Trinajstić information content (AvgIpc) is 2.63. The predicted octanol–water partition coefficient (Wildman–Crippen LogP) is 3.99. The van der Waals surface area contributed by atoms with Gasteiger partial charge in [0.25, 0.3) is 0 Å². The lowest BCUT2D eigenvalue weighted by atomic mass is 10.0. The quantitative estimate of drug-likeness (QED) is 0.684. The molecule has 0 saturated heterocycles. The van der Waals surface area contributed by atoms with E-state index in [9.17, 15) is 4.79 Å². The highest BCUT2D eigenvalue weighted by molar-refractivity contribution is 5.96. The molecule has 0 fully saturated rings. The first kappa shape index (κ1) is 14.9. The number of carbonyl (C=O) groups excluding carboxylic acids is 1. The summed E-state index contributed by atoms with van der Waals surface area (Å²) in [5.41, 5.74) is 3.41. The molecule has 0 amide bonds. The summed E-state index contributed by atoms with van der Waals surface area (Å²) in [5.74, 6) is -0.369. The van der Waals surface area contributed by atoms with Crippen LogP contribution in [0.5, 0.6) is 0 Å². The number of carbonyl (C=O) groups is 1. The van der Waals surface area contributed by atoms with Crippen LogP contribution in [-0.4, -0.2) is 22.5 Å². The van der Waals surface area contributed by atoms with Crippen molar-refractivity contribution in [2.24, 2.45) is 0 Å². The monoisotopic (exact) mass is 304 g/mol. The Balaban J connectivity index is 2.13. The van der Waals surface area contributed by atoms with Crippen LogP contribution in [0.4, 0.5) is 0 Å². The average molecular weight is 304 g/mol. The second-order valence-corrected chi connectivity index (χ2v) is 4.89. The molecule has 2 heterocycles. The summed E-state index contributed by atoms with van der Waals surface area (Å²) >= 11 is 0. The number of esters is 1. The van der Waals surface area contributed by atoms with Crippen molar-refractivity contribution in [2.75, 3.05) is 6.61 Å². The van der Waals surface area contributed by atoms with Crippen molar-refractivity contribution in [3.63, 3.8) is 0 Å². The van der Waals surface area contributed by atoms with Gasteiger partial charge < -0.3 is 4.74 Å². The zero-order valence-electron chi connectivity index (χ0n) is 12.8. The third kappa shape index (κ3) is 3.26. The molecule has 0 aliphatic heterocycles. The highest BCUT2D eigenvalue weighted by Gasteiger charge is 2.16. The van der Waals surface area contributed by atoms with Gasteiger partial charge in [0.1, 0.15) is 0 Å². The van der Waals surface area contributed by atoms with Gasteiger partial charge in [0.15, 0.2) is 0 Å². The number of hydrogen-bond acceptors (Lipinski definition) is 4. The van der Waals surface area contributed by atoms with Gasteiger partial charge in [0.05, 0.1) is 29.3 Å². The zero-order valence-corrected chi connectivity index (χ0v) is 12.8. The molecule has 1 aromatic carbocycles. The van der Waals surface area contributed by atoms with Gasteiger partial charge in [-0.25, -0.2) is 9.78 Å². The van der Waals surface area contributed by atoms with Crippen LogP contribution in [0.1, 0.15) is 17.3 Å². The van der Waals surface area contributed by atoms with Gasteiger partial charge >= 0.3 is 5.97 Å². The minimum absolute atomic E-state index is 0.328. The number of aromatic nitrogens is 2.